The Labute approximate surface area is 197 Å². The molecule has 0 bridgehead atoms. The van der Waals surface area contributed by atoms with Crippen molar-refractivity contribution in [2.45, 2.75) is 39.4 Å². The normalized spacial score (nSPS) is 11.4. The Balaban J connectivity index is 1.85. The molecule has 0 atom stereocenters. The number of pyridine rings is 2. The molecule has 0 fully saturated rings. The highest BCUT2D eigenvalue weighted by Gasteiger charge is 2.24. The van der Waals surface area contributed by atoms with Crippen molar-refractivity contribution in [1.82, 2.24) is 9.97 Å². The van der Waals surface area contributed by atoms with Crippen LogP contribution in [0.5, 0.6) is 5.75 Å². The fraction of sp³-hybridized carbons (Fsp3) is 0.261. The summed E-state index contributed by atoms with van der Waals surface area (Å²) in [6.07, 6.45) is 1.86. The predicted molar refractivity (Wildman–Crippen MR) is 122 cm³/mol. The average molecular weight is 522 g/mol. The number of aromatic amines is 1. The van der Waals surface area contributed by atoms with E-state index < -0.39 is 28.7 Å². The summed E-state index contributed by atoms with van der Waals surface area (Å²) >= 11 is 3.23. The van der Waals surface area contributed by atoms with E-state index in [0.717, 1.165) is 17.7 Å². The van der Waals surface area contributed by atoms with E-state index in [2.05, 4.69) is 31.2 Å². The molecule has 0 aliphatic heterocycles. The monoisotopic (exact) mass is 521 g/mol. The molecular weight excluding hydrogens is 500 g/mol. The zero-order valence-electron chi connectivity index (χ0n) is 18.1. The lowest BCUT2D eigenvalue weighted by Gasteiger charge is -2.17. The summed E-state index contributed by atoms with van der Waals surface area (Å²) in [7, 11) is 0. The summed E-state index contributed by atoms with van der Waals surface area (Å²) in [4.78, 5) is 31.0. The molecule has 0 aliphatic carbocycles. The molecule has 3 N–H and O–H groups in total. The number of H-pyrrole nitrogens is 1. The fourth-order valence-electron chi connectivity index (χ4n) is 2.93. The Morgan fingerprint density at radius 1 is 1.27 bits per heavy atom. The minimum Gasteiger partial charge on any atom is -0.487 e. The van der Waals surface area contributed by atoms with Crippen molar-refractivity contribution in [2.24, 2.45) is 0 Å². The first-order valence-electron chi connectivity index (χ1n) is 9.92. The van der Waals surface area contributed by atoms with Gasteiger partial charge in [-0.25, -0.2) is 13.8 Å². The number of halogens is 3. The van der Waals surface area contributed by atoms with Crippen LogP contribution in [0.3, 0.4) is 0 Å². The minimum absolute atomic E-state index is 0.140. The molecule has 0 spiro atoms. The Kier molecular flexibility index (Phi) is 7.28. The van der Waals surface area contributed by atoms with Gasteiger partial charge in [0.25, 0.3) is 11.5 Å². The summed E-state index contributed by atoms with van der Waals surface area (Å²) in [5, 5.41) is 12.3. The van der Waals surface area contributed by atoms with Crippen molar-refractivity contribution < 1.29 is 23.4 Å². The summed E-state index contributed by atoms with van der Waals surface area (Å²) < 4.78 is 33.1. The third kappa shape index (κ3) is 6.02. The fourth-order valence-corrected chi connectivity index (χ4v) is 3.39. The second kappa shape index (κ2) is 9.80. The van der Waals surface area contributed by atoms with Crippen LogP contribution in [0.1, 0.15) is 36.2 Å². The number of benzene rings is 1. The highest BCUT2D eigenvalue weighted by Crippen LogP contribution is 2.31. The number of nitrogens with zero attached hydrogens (tertiary/aromatic N) is 1. The van der Waals surface area contributed by atoms with E-state index in [1.165, 1.54) is 19.9 Å². The van der Waals surface area contributed by atoms with Crippen molar-refractivity contribution in [2.75, 3.05) is 5.32 Å². The van der Waals surface area contributed by atoms with Gasteiger partial charge in [-0.3, -0.25) is 9.59 Å². The van der Waals surface area contributed by atoms with E-state index in [-0.39, 0.29) is 28.2 Å². The van der Waals surface area contributed by atoms with Gasteiger partial charge in [-0.2, -0.15) is 0 Å². The van der Waals surface area contributed by atoms with Crippen molar-refractivity contribution in [1.29, 1.82) is 0 Å². The molecule has 1 amide bonds. The molecule has 1 aromatic carbocycles. The molecule has 3 rings (SSSR count). The van der Waals surface area contributed by atoms with Crippen LogP contribution in [-0.2, 0) is 17.8 Å². The molecule has 7 nitrogen and oxygen atoms in total. The summed E-state index contributed by atoms with van der Waals surface area (Å²) in [6, 6.07) is 6.49. The molecular formula is C23H22BrF2N3O4. The maximum absolute atomic E-state index is 14.0. The lowest BCUT2D eigenvalue weighted by Crippen LogP contribution is -2.36. The number of hydrogen-bond donors (Lipinski definition) is 3. The molecule has 33 heavy (non-hydrogen) atoms. The number of aliphatic hydroxyl groups is 1. The van der Waals surface area contributed by atoms with E-state index in [4.69, 9.17) is 4.74 Å². The molecule has 0 unspecified atom stereocenters. The van der Waals surface area contributed by atoms with Crippen LogP contribution in [0.15, 0.2) is 45.8 Å². The van der Waals surface area contributed by atoms with E-state index in [1.807, 2.05) is 0 Å². The van der Waals surface area contributed by atoms with Crippen LogP contribution in [-0.4, -0.2) is 26.6 Å². The van der Waals surface area contributed by atoms with Gasteiger partial charge in [-0.1, -0.05) is 6.07 Å². The maximum atomic E-state index is 14.0. The first-order valence-corrected chi connectivity index (χ1v) is 10.7. The van der Waals surface area contributed by atoms with Gasteiger partial charge in [0.15, 0.2) is 0 Å². The largest absolute Gasteiger partial charge is 0.487 e. The Morgan fingerprint density at radius 2 is 2.00 bits per heavy atom. The number of aromatic nitrogens is 2. The first kappa shape index (κ1) is 24.5. The SMILES string of the molecule is Cc1[nH]c(=O)c(Br)c(OCc2ccc(F)cc2F)c1Cc1ccc(NC(=O)C(C)(C)O)nc1. The molecule has 2 aromatic heterocycles. The second-order valence-electron chi connectivity index (χ2n) is 7.97. The number of rotatable bonds is 7. The quantitative estimate of drug-likeness (QED) is 0.436. The van der Waals surface area contributed by atoms with Crippen LogP contribution in [0.2, 0.25) is 0 Å². The molecule has 2 heterocycles. The van der Waals surface area contributed by atoms with Gasteiger partial charge in [-0.15, -0.1) is 0 Å². The predicted octanol–water partition coefficient (Wildman–Crippen LogP) is 4.00. The van der Waals surface area contributed by atoms with E-state index in [0.29, 0.717) is 17.7 Å². The second-order valence-corrected chi connectivity index (χ2v) is 8.76. The first-order chi connectivity index (χ1) is 15.5. The van der Waals surface area contributed by atoms with Crippen LogP contribution in [0.4, 0.5) is 14.6 Å². The molecule has 3 aromatic rings. The molecule has 10 heteroatoms. The Hall–Kier alpha value is -3.11. The van der Waals surface area contributed by atoms with Crippen LogP contribution < -0.4 is 15.6 Å². The molecule has 0 aliphatic rings. The van der Waals surface area contributed by atoms with Gasteiger partial charge in [-0.05, 0) is 60.5 Å². The minimum atomic E-state index is -1.55. The van der Waals surface area contributed by atoms with Gasteiger partial charge in [0.1, 0.15) is 39.9 Å². The number of ether oxygens (including phenoxy) is 1. The van der Waals surface area contributed by atoms with Gasteiger partial charge in [0, 0.05) is 35.5 Å². The maximum Gasteiger partial charge on any atom is 0.266 e. The summed E-state index contributed by atoms with van der Waals surface area (Å²) in [5.41, 5.74) is 0.123. The third-order valence-corrected chi connectivity index (χ3v) is 5.54. The topological polar surface area (TPSA) is 104 Å². The number of amides is 1. The molecule has 0 saturated heterocycles. The number of nitrogens with one attached hydrogen (secondary N) is 2. The van der Waals surface area contributed by atoms with E-state index >= 15 is 0 Å². The highest BCUT2D eigenvalue weighted by atomic mass is 79.9. The Bertz CT molecular complexity index is 1240. The van der Waals surface area contributed by atoms with Crippen molar-refractivity contribution >= 4 is 27.7 Å². The van der Waals surface area contributed by atoms with Gasteiger partial charge >= 0.3 is 0 Å². The smallest absolute Gasteiger partial charge is 0.266 e. The molecule has 174 valence electrons. The lowest BCUT2D eigenvalue weighted by molar-refractivity contribution is -0.130. The van der Waals surface area contributed by atoms with Crippen molar-refractivity contribution in [3.8, 4) is 5.75 Å². The molecule has 0 saturated carbocycles. The number of aryl methyl sites for hydroxylation is 1. The number of hydrogen-bond acceptors (Lipinski definition) is 5. The van der Waals surface area contributed by atoms with Crippen LogP contribution in [0, 0.1) is 18.6 Å². The highest BCUT2D eigenvalue weighted by molar-refractivity contribution is 9.10. The van der Waals surface area contributed by atoms with Gasteiger partial charge in [0.2, 0.25) is 0 Å². The Morgan fingerprint density at radius 3 is 2.61 bits per heavy atom. The van der Waals surface area contributed by atoms with Gasteiger partial charge in [0.05, 0.1) is 0 Å². The van der Waals surface area contributed by atoms with Crippen LogP contribution in [0.25, 0.3) is 0 Å². The van der Waals surface area contributed by atoms with Gasteiger partial charge < -0.3 is 20.1 Å². The van der Waals surface area contributed by atoms with E-state index in [9.17, 15) is 23.5 Å². The average Bonchev–Trinajstić information content (AvgIpc) is 2.73. The van der Waals surface area contributed by atoms with Crippen LogP contribution >= 0.6 is 15.9 Å². The molecule has 0 radical (unpaired) electrons. The number of anilines is 1. The number of carbonyl (C=O) groups excluding carboxylic acids is 1. The van der Waals surface area contributed by atoms with E-state index in [1.54, 1.807) is 25.3 Å². The summed E-state index contributed by atoms with van der Waals surface area (Å²) in [6.45, 7) is 4.24. The summed E-state index contributed by atoms with van der Waals surface area (Å²) in [5.74, 6) is -1.53. The van der Waals surface area contributed by atoms with Crippen molar-refractivity contribution in [3.05, 3.63) is 85.4 Å². The third-order valence-electron chi connectivity index (χ3n) is 4.82. The number of carbonyl (C=O) groups is 1. The standard InChI is InChI=1S/C23H22BrF2N3O4/c1-12-16(8-13-4-7-18(27-10-13)29-22(31)23(2,3)32)20(19(24)21(30)28-12)33-11-14-5-6-15(25)9-17(14)26/h4-7,9-10,32H,8,11H2,1-3H3,(H,28,30)(H,27,29,31). The zero-order chi connectivity index (χ0) is 24.3. The van der Waals surface area contributed by atoms with Crippen molar-refractivity contribution in [3.63, 3.8) is 0 Å². The lowest BCUT2D eigenvalue weighted by atomic mass is 10.0. The zero-order valence-corrected chi connectivity index (χ0v) is 19.7.